The van der Waals surface area contributed by atoms with E-state index in [9.17, 15) is 9.59 Å². The number of benzene rings is 1. The van der Waals surface area contributed by atoms with Crippen LogP contribution >= 0.6 is 12.2 Å². The summed E-state index contributed by atoms with van der Waals surface area (Å²) >= 11 is 4.80. The van der Waals surface area contributed by atoms with Gasteiger partial charge in [0.2, 0.25) is 0 Å². The van der Waals surface area contributed by atoms with Gasteiger partial charge in [0.25, 0.3) is 5.91 Å². The lowest BCUT2D eigenvalue weighted by Crippen LogP contribution is -2.42. The van der Waals surface area contributed by atoms with Crippen LogP contribution in [-0.2, 0) is 4.74 Å². The zero-order chi connectivity index (χ0) is 16.0. The molecule has 1 aromatic carbocycles. The summed E-state index contributed by atoms with van der Waals surface area (Å²) in [5.74, 6) is -0.501. The third kappa shape index (κ3) is 4.92. The standard InChI is InChI=1S/C13H18N4O3S/c1-4-20-13(19)17-16-11(18)10-8(3)5-7(2)6-9(10)15-12(14)21/h5-6H,4H2,1-3H3,(H,16,18)(H,17,19)(H3,14,15,21). The van der Waals surface area contributed by atoms with Crippen molar-refractivity contribution >= 4 is 35.0 Å². The number of nitrogens with one attached hydrogen (secondary N) is 3. The Balaban J connectivity index is 2.96. The predicted molar refractivity (Wildman–Crippen MR) is 83.9 cm³/mol. The zero-order valence-electron chi connectivity index (χ0n) is 12.1. The second kappa shape index (κ2) is 7.44. The molecule has 7 nitrogen and oxygen atoms in total. The van der Waals surface area contributed by atoms with Gasteiger partial charge in [-0.2, -0.15) is 0 Å². The fraction of sp³-hybridized carbons (Fsp3) is 0.308. The smallest absolute Gasteiger partial charge is 0.426 e. The van der Waals surface area contributed by atoms with Crippen LogP contribution in [0.5, 0.6) is 0 Å². The van der Waals surface area contributed by atoms with Crippen LogP contribution in [0.4, 0.5) is 10.5 Å². The van der Waals surface area contributed by atoms with Crippen LogP contribution in [0.25, 0.3) is 0 Å². The van der Waals surface area contributed by atoms with E-state index < -0.39 is 12.0 Å². The molecule has 0 aliphatic carbocycles. The summed E-state index contributed by atoms with van der Waals surface area (Å²) in [6.45, 7) is 5.53. The van der Waals surface area contributed by atoms with E-state index in [1.807, 2.05) is 13.0 Å². The molecule has 0 aliphatic heterocycles. The molecular weight excluding hydrogens is 292 g/mol. The summed E-state index contributed by atoms with van der Waals surface area (Å²) < 4.78 is 4.65. The second-order valence-corrected chi connectivity index (χ2v) is 4.73. The van der Waals surface area contributed by atoms with Gasteiger partial charge in [0.1, 0.15) is 0 Å². The molecule has 0 spiro atoms. The first-order valence-corrected chi connectivity index (χ1v) is 6.66. The van der Waals surface area contributed by atoms with E-state index in [1.165, 1.54) is 0 Å². The highest BCUT2D eigenvalue weighted by Gasteiger charge is 2.16. The molecule has 0 unspecified atom stereocenters. The molecule has 0 heterocycles. The molecule has 5 N–H and O–H groups in total. The molecule has 21 heavy (non-hydrogen) atoms. The minimum absolute atomic E-state index is 0.0485. The van der Waals surface area contributed by atoms with Gasteiger partial charge in [-0.1, -0.05) is 6.07 Å². The van der Waals surface area contributed by atoms with E-state index in [2.05, 4.69) is 20.9 Å². The molecule has 1 rings (SSSR count). The van der Waals surface area contributed by atoms with Crippen LogP contribution in [-0.4, -0.2) is 23.7 Å². The number of rotatable bonds is 3. The van der Waals surface area contributed by atoms with Crippen LogP contribution in [0.2, 0.25) is 0 Å². The summed E-state index contributed by atoms with van der Waals surface area (Å²) in [6.07, 6.45) is -0.737. The van der Waals surface area contributed by atoms with Crippen molar-refractivity contribution in [1.29, 1.82) is 0 Å². The molecule has 1 aromatic rings. The number of hydrogen-bond donors (Lipinski definition) is 4. The van der Waals surface area contributed by atoms with Gasteiger partial charge in [-0.05, 0) is 50.2 Å². The highest BCUT2D eigenvalue weighted by Crippen LogP contribution is 2.21. The summed E-state index contributed by atoms with van der Waals surface area (Å²) in [4.78, 5) is 23.4. The fourth-order valence-electron chi connectivity index (χ4n) is 1.84. The molecule has 0 radical (unpaired) electrons. The number of carbonyl (C=O) groups excluding carboxylic acids is 2. The summed E-state index contributed by atoms with van der Waals surface area (Å²) in [7, 11) is 0. The van der Waals surface area contributed by atoms with Crippen molar-refractivity contribution in [3.63, 3.8) is 0 Å². The van der Waals surface area contributed by atoms with Crippen LogP contribution < -0.4 is 21.9 Å². The van der Waals surface area contributed by atoms with Crippen molar-refractivity contribution in [1.82, 2.24) is 10.9 Å². The highest BCUT2D eigenvalue weighted by molar-refractivity contribution is 7.80. The maximum atomic E-state index is 12.2. The van der Waals surface area contributed by atoms with Gasteiger partial charge in [0.15, 0.2) is 5.11 Å². The molecule has 2 amide bonds. The van der Waals surface area contributed by atoms with Gasteiger partial charge >= 0.3 is 6.09 Å². The Labute approximate surface area is 128 Å². The van der Waals surface area contributed by atoms with Crippen molar-refractivity contribution in [3.05, 3.63) is 28.8 Å². The molecular formula is C13H18N4O3S. The lowest BCUT2D eigenvalue weighted by Gasteiger charge is -2.15. The number of hydrazine groups is 1. The topological polar surface area (TPSA) is 105 Å². The Bertz CT molecular complexity index is 575. The number of thiocarbonyl (C=S) groups is 1. The molecule has 0 aliphatic rings. The largest absolute Gasteiger partial charge is 0.449 e. The van der Waals surface area contributed by atoms with Crippen molar-refractivity contribution in [2.24, 2.45) is 5.73 Å². The minimum atomic E-state index is -0.737. The van der Waals surface area contributed by atoms with E-state index in [0.29, 0.717) is 11.3 Å². The third-order valence-electron chi connectivity index (χ3n) is 2.52. The van der Waals surface area contributed by atoms with E-state index in [0.717, 1.165) is 11.1 Å². The number of aryl methyl sites for hydroxylation is 2. The third-order valence-corrected chi connectivity index (χ3v) is 2.62. The molecule has 0 fully saturated rings. The van der Waals surface area contributed by atoms with Gasteiger partial charge in [0, 0.05) is 0 Å². The number of anilines is 1. The number of hydrogen-bond acceptors (Lipinski definition) is 4. The monoisotopic (exact) mass is 310 g/mol. The Hall–Kier alpha value is -2.35. The Morgan fingerprint density at radius 2 is 1.95 bits per heavy atom. The van der Waals surface area contributed by atoms with Crippen LogP contribution in [0.1, 0.15) is 28.4 Å². The number of nitrogens with two attached hydrogens (primary N) is 1. The molecule has 114 valence electrons. The first-order valence-electron chi connectivity index (χ1n) is 6.26. The van der Waals surface area contributed by atoms with Gasteiger partial charge in [-0.25, -0.2) is 10.2 Å². The second-order valence-electron chi connectivity index (χ2n) is 4.29. The SMILES string of the molecule is CCOC(=O)NNC(=O)c1c(C)cc(C)cc1NC(N)=S. The van der Waals surface area contributed by atoms with Gasteiger partial charge in [0.05, 0.1) is 17.9 Å². The van der Waals surface area contributed by atoms with Crippen molar-refractivity contribution in [2.75, 3.05) is 11.9 Å². The van der Waals surface area contributed by atoms with Crippen molar-refractivity contribution in [3.8, 4) is 0 Å². The number of amides is 2. The molecule has 0 saturated heterocycles. The Morgan fingerprint density at radius 1 is 1.29 bits per heavy atom. The van der Waals surface area contributed by atoms with Crippen molar-refractivity contribution in [2.45, 2.75) is 20.8 Å². The van der Waals surface area contributed by atoms with Crippen molar-refractivity contribution < 1.29 is 14.3 Å². The van der Waals surface area contributed by atoms with Crippen LogP contribution in [0, 0.1) is 13.8 Å². The van der Waals surface area contributed by atoms with Gasteiger partial charge in [-0.3, -0.25) is 10.2 Å². The van der Waals surface area contributed by atoms with Crippen LogP contribution in [0.15, 0.2) is 12.1 Å². The maximum absolute atomic E-state index is 12.2. The molecule has 0 saturated carbocycles. The number of carbonyl (C=O) groups is 2. The van der Waals surface area contributed by atoms with E-state index in [1.54, 1.807) is 19.9 Å². The van der Waals surface area contributed by atoms with Gasteiger partial charge < -0.3 is 15.8 Å². The highest BCUT2D eigenvalue weighted by atomic mass is 32.1. The Kier molecular flexibility index (Phi) is 5.92. The van der Waals surface area contributed by atoms with Crippen LogP contribution in [0.3, 0.4) is 0 Å². The lowest BCUT2D eigenvalue weighted by atomic mass is 10.0. The summed E-state index contributed by atoms with van der Waals surface area (Å²) in [6, 6.07) is 3.58. The average molecular weight is 310 g/mol. The maximum Gasteiger partial charge on any atom is 0.426 e. The van der Waals surface area contributed by atoms with E-state index in [-0.39, 0.29) is 11.7 Å². The fourth-order valence-corrected chi connectivity index (χ4v) is 1.95. The normalized spacial score (nSPS) is 9.67. The lowest BCUT2D eigenvalue weighted by molar-refractivity contribution is 0.0913. The summed E-state index contributed by atoms with van der Waals surface area (Å²) in [5, 5.41) is 2.80. The molecule has 8 heteroatoms. The van der Waals surface area contributed by atoms with E-state index >= 15 is 0 Å². The Morgan fingerprint density at radius 3 is 2.52 bits per heavy atom. The molecule has 0 atom stereocenters. The van der Waals surface area contributed by atoms with E-state index in [4.69, 9.17) is 18.0 Å². The predicted octanol–water partition coefficient (Wildman–Crippen LogP) is 1.35. The van der Waals surface area contributed by atoms with Gasteiger partial charge in [-0.15, -0.1) is 0 Å². The zero-order valence-corrected chi connectivity index (χ0v) is 12.9. The minimum Gasteiger partial charge on any atom is -0.449 e. The first-order chi connectivity index (χ1) is 9.85. The summed E-state index contributed by atoms with van der Waals surface area (Å²) in [5.41, 5.74) is 12.4. The quantitative estimate of drug-likeness (QED) is 0.496. The average Bonchev–Trinajstić information content (AvgIpc) is 2.35. The molecule has 0 bridgehead atoms. The molecule has 0 aromatic heterocycles. The number of ether oxygens (including phenoxy) is 1. The first kappa shape index (κ1) is 16.7.